The van der Waals surface area contributed by atoms with Gasteiger partial charge >= 0.3 is 0 Å². The SMILES string of the molecule is CCC1OCCC1C(=O)NC1(C(N)=NO)CCCCCC1. The van der Waals surface area contributed by atoms with Gasteiger partial charge in [0.2, 0.25) is 5.91 Å². The first kappa shape index (κ1) is 16.1. The molecule has 21 heavy (non-hydrogen) atoms. The minimum atomic E-state index is -0.691. The molecule has 1 saturated heterocycles. The van der Waals surface area contributed by atoms with E-state index in [0.29, 0.717) is 6.61 Å². The Morgan fingerprint density at radius 3 is 2.62 bits per heavy atom. The molecule has 1 aliphatic carbocycles. The Morgan fingerprint density at radius 2 is 2.05 bits per heavy atom. The Balaban J connectivity index is 2.12. The lowest BCUT2D eigenvalue weighted by molar-refractivity contribution is -0.128. The van der Waals surface area contributed by atoms with E-state index in [1.807, 2.05) is 6.92 Å². The summed E-state index contributed by atoms with van der Waals surface area (Å²) < 4.78 is 5.60. The van der Waals surface area contributed by atoms with Gasteiger partial charge in [0.1, 0.15) is 5.54 Å². The lowest BCUT2D eigenvalue weighted by Gasteiger charge is -2.34. The number of hydrogen-bond acceptors (Lipinski definition) is 4. The van der Waals surface area contributed by atoms with Gasteiger partial charge in [-0.2, -0.15) is 0 Å². The summed E-state index contributed by atoms with van der Waals surface area (Å²) in [4.78, 5) is 12.6. The van der Waals surface area contributed by atoms with Crippen LogP contribution >= 0.6 is 0 Å². The van der Waals surface area contributed by atoms with Crippen LogP contribution < -0.4 is 11.1 Å². The molecule has 120 valence electrons. The fourth-order valence-electron chi connectivity index (χ4n) is 3.55. The van der Waals surface area contributed by atoms with Crippen molar-refractivity contribution in [2.45, 2.75) is 69.9 Å². The first-order chi connectivity index (χ1) is 10.1. The fourth-order valence-corrected chi connectivity index (χ4v) is 3.55. The number of ether oxygens (including phenoxy) is 1. The van der Waals surface area contributed by atoms with Crippen LogP contribution in [0, 0.1) is 5.92 Å². The summed E-state index contributed by atoms with van der Waals surface area (Å²) in [5.74, 6) is -0.0146. The van der Waals surface area contributed by atoms with Crippen LogP contribution in [0.15, 0.2) is 5.16 Å². The minimum absolute atomic E-state index is 0.0138. The summed E-state index contributed by atoms with van der Waals surface area (Å²) in [5.41, 5.74) is 5.23. The van der Waals surface area contributed by atoms with E-state index in [1.165, 1.54) is 0 Å². The van der Waals surface area contributed by atoms with Crippen molar-refractivity contribution in [1.29, 1.82) is 0 Å². The molecule has 1 heterocycles. The zero-order chi connectivity index (χ0) is 15.3. The number of nitrogens with one attached hydrogen (secondary N) is 1. The summed E-state index contributed by atoms with van der Waals surface area (Å²) in [6.07, 6.45) is 7.24. The highest BCUT2D eigenvalue weighted by Crippen LogP contribution is 2.30. The molecule has 0 aromatic carbocycles. The quantitative estimate of drug-likeness (QED) is 0.242. The molecular formula is C15H27N3O3. The van der Waals surface area contributed by atoms with Crippen LogP contribution in [0.3, 0.4) is 0 Å². The minimum Gasteiger partial charge on any atom is -0.409 e. The van der Waals surface area contributed by atoms with Crippen molar-refractivity contribution >= 4 is 11.7 Å². The van der Waals surface area contributed by atoms with Crippen LogP contribution in [0.1, 0.15) is 58.3 Å². The van der Waals surface area contributed by atoms with Crippen molar-refractivity contribution in [3.8, 4) is 0 Å². The van der Waals surface area contributed by atoms with Crippen LogP contribution in [0.5, 0.6) is 0 Å². The maximum absolute atomic E-state index is 12.6. The Hall–Kier alpha value is -1.30. The molecule has 0 bridgehead atoms. The van der Waals surface area contributed by atoms with Crippen molar-refractivity contribution in [3.63, 3.8) is 0 Å². The predicted molar refractivity (Wildman–Crippen MR) is 80.1 cm³/mol. The van der Waals surface area contributed by atoms with Gasteiger partial charge in [0, 0.05) is 6.61 Å². The van der Waals surface area contributed by atoms with Crippen molar-refractivity contribution in [2.75, 3.05) is 6.61 Å². The third kappa shape index (κ3) is 3.48. The van der Waals surface area contributed by atoms with E-state index in [0.717, 1.165) is 51.4 Å². The van der Waals surface area contributed by atoms with Gasteiger partial charge in [-0.25, -0.2) is 0 Å². The van der Waals surface area contributed by atoms with Crippen LogP contribution in [0.2, 0.25) is 0 Å². The van der Waals surface area contributed by atoms with Crippen molar-refractivity contribution < 1.29 is 14.7 Å². The van der Waals surface area contributed by atoms with Crippen LogP contribution in [0.25, 0.3) is 0 Å². The molecule has 2 fully saturated rings. The van der Waals surface area contributed by atoms with Gasteiger partial charge in [-0.15, -0.1) is 0 Å². The Morgan fingerprint density at radius 1 is 1.38 bits per heavy atom. The number of carbonyl (C=O) groups excluding carboxylic acids is 1. The predicted octanol–water partition coefficient (Wildman–Crippen LogP) is 1.76. The number of nitrogens with zero attached hydrogens (tertiary/aromatic N) is 1. The maximum Gasteiger partial charge on any atom is 0.226 e. The Bertz CT molecular complexity index is 390. The van der Waals surface area contributed by atoms with E-state index in [9.17, 15) is 4.79 Å². The molecule has 0 spiro atoms. The van der Waals surface area contributed by atoms with Crippen LogP contribution in [-0.2, 0) is 9.53 Å². The van der Waals surface area contributed by atoms with Crippen molar-refractivity contribution in [3.05, 3.63) is 0 Å². The molecule has 6 heteroatoms. The van der Waals surface area contributed by atoms with E-state index in [2.05, 4.69) is 10.5 Å². The molecule has 2 atom stereocenters. The van der Waals surface area contributed by atoms with Crippen LogP contribution in [-0.4, -0.2) is 35.2 Å². The second kappa shape index (κ2) is 7.11. The zero-order valence-electron chi connectivity index (χ0n) is 12.8. The molecule has 1 amide bonds. The number of amidine groups is 1. The number of oxime groups is 1. The second-order valence-electron chi connectivity index (χ2n) is 6.18. The van der Waals surface area contributed by atoms with E-state index < -0.39 is 5.54 Å². The lowest BCUT2D eigenvalue weighted by Crippen LogP contribution is -2.59. The largest absolute Gasteiger partial charge is 0.409 e. The summed E-state index contributed by atoms with van der Waals surface area (Å²) in [5, 5.41) is 15.4. The number of hydrogen-bond donors (Lipinski definition) is 3. The third-order valence-electron chi connectivity index (χ3n) is 4.87. The Labute approximate surface area is 126 Å². The van der Waals surface area contributed by atoms with Gasteiger partial charge in [0.15, 0.2) is 5.84 Å². The van der Waals surface area contributed by atoms with Gasteiger partial charge < -0.3 is 21.0 Å². The van der Waals surface area contributed by atoms with Gasteiger partial charge in [0.05, 0.1) is 12.0 Å². The number of carbonyl (C=O) groups is 1. The zero-order valence-corrected chi connectivity index (χ0v) is 12.8. The van der Waals surface area contributed by atoms with Gasteiger partial charge in [0.25, 0.3) is 0 Å². The molecule has 0 radical (unpaired) electrons. The molecule has 6 nitrogen and oxygen atoms in total. The first-order valence-electron chi connectivity index (χ1n) is 8.04. The van der Waals surface area contributed by atoms with Crippen molar-refractivity contribution in [1.82, 2.24) is 5.32 Å². The summed E-state index contributed by atoms with van der Waals surface area (Å²) in [6, 6.07) is 0. The summed E-state index contributed by atoms with van der Waals surface area (Å²) >= 11 is 0. The Kier molecular flexibility index (Phi) is 5.45. The van der Waals surface area contributed by atoms with Gasteiger partial charge in [-0.3, -0.25) is 4.79 Å². The third-order valence-corrected chi connectivity index (χ3v) is 4.87. The highest BCUT2D eigenvalue weighted by Gasteiger charge is 2.41. The van der Waals surface area contributed by atoms with Crippen LogP contribution in [0.4, 0.5) is 0 Å². The molecule has 2 unspecified atom stereocenters. The average Bonchev–Trinajstić information content (AvgIpc) is 2.86. The first-order valence-corrected chi connectivity index (χ1v) is 8.04. The molecule has 1 aliphatic heterocycles. The summed E-state index contributed by atoms with van der Waals surface area (Å²) in [6.45, 7) is 2.66. The molecule has 2 aliphatic rings. The standard InChI is InChI=1S/C15H27N3O3/c1-2-12-11(7-10-21-12)13(19)17-15(14(16)18-20)8-5-3-4-6-9-15/h11-12,20H,2-10H2,1H3,(H2,16,18)(H,17,19). The van der Waals surface area contributed by atoms with Gasteiger partial charge in [-0.1, -0.05) is 37.8 Å². The average molecular weight is 297 g/mol. The highest BCUT2D eigenvalue weighted by atomic mass is 16.5. The van der Waals surface area contributed by atoms with E-state index in [4.69, 9.17) is 15.7 Å². The number of nitrogens with two attached hydrogens (primary N) is 1. The second-order valence-corrected chi connectivity index (χ2v) is 6.18. The van der Waals surface area contributed by atoms with E-state index >= 15 is 0 Å². The molecule has 0 aromatic rings. The molecule has 4 N–H and O–H groups in total. The normalized spacial score (nSPS) is 29.9. The van der Waals surface area contributed by atoms with E-state index in [-0.39, 0.29) is 23.8 Å². The lowest BCUT2D eigenvalue weighted by atomic mass is 9.87. The van der Waals surface area contributed by atoms with E-state index in [1.54, 1.807) is 0 Å². The molecule has 0 aromatic heterocycles. The number of rotatable bonds is 4. The smallest absolute Gasteiger partial charge is 0.226 e. The number of amides is 1. The van der Waals surface area contributed by atoms with Gasteiger partial charge in [-0.05, 0) is 25.7 Å². The van der Waals surface area contributed by atoms with Crippen molar-refractivity contribution in [2.24, 2.45) is 16.8 Å². The molecule has 1 saturated carbocycles. The summed E-state index contributed by atoms with van der Waals surface area (Å²) in [7, 11) is 0. The topological polar surface area (TPSA) is 96.9 Å². The monoisotopic (exact) mass is 297 g/mol. The highest BCUT2D eigenvalue weighted by molar-refractivity contribution is 5.94. The molecule has 2 rings (SSSR count). The maximum atomic E-state index is 12.6. The molecular weight excluding hydrogens is 270 g/mol. The fraction of sp³-hybridized carbons (Fsp3) is 0.867.